The molecule has 0 aliphatic heterocycles. The Labute approximate surface area is 103 Å². The molecule has 0 amide bonds. The Kier molecular flexibility index (Phi) is 3.58. The van der Waals surface area contributed by atoms with Crippen molar-refractivity contribution in [1.82, 2.24) is 0 Å². The van der Waals surface area contributed by atoms with Crippen molar-refractivity contribution in [1.29, 1.82) is 0 Å². The number of hydrogen-bond donors (Lipinski definition) is 1. The summed E-state index contributed by atoms with van der Waals surface area (Å²) in [5, 5.41) is 9.10. The van der Waals surface area contributed by atoms with E-state index in [-0.39, 0.29) is 23.7 Å². The summed E-state index contributed by atoms with van der Waals surface area (Å²) in [5.41, 5.74) is 1.07. The minimum Gasteiger partial charge on any atom is -0.451 e. The summed E-state index contributed by atoms with van der Waals surface area (Å²) in [5.74, 6) is -1.42. The number of aliphatic hydroxyl groups excluding tert-OH is 1. The molecule has 0 radical (unpaired) electrons. The maximum absolute atomic E-state index is 13.6. The minimum atomic E-state index is -0.637. The molecule has 0 aromatic heterocycles. The summed E-state index contributed by atoms with van der Waals surface area (Å²) < 4.78 is 32.3. The first-order valence-electron chi connectivity index (χ1n) is 5.44. The summed E-state index contributed by atoms with van der Waals surface area (Å²) in [6, 6.07) is 8.50. The maximum atomic E-state index is 13.6. The molecular weight excluding hydrogens is 238 g/mol. The third-order valence-electron chi connectivity index (χ3n) is 2.52. The van der Waals surface area contributed by atoms with Crippen LogP contribution in [0.5, 0.6) is 11.5 Å². The van der Waals surface area contributed by atoms with E-state index in [1.165, 1.54) is 30.3 Å². The molecule has 0 aliphatic carbocycles. The van der Waals surface area contributed by atoms with Crippen molar-refractivity contribution < 1.29 is 18.6 Å². The van der Waals surface area contributed by atoms with Gasteiger partial charge in [-0.05, 0) is 30.7 Å². The summed E-state index contributed by atoms with van der Waals surface area (Å²) in [4.78, 5) is 0. The summed E-state index contributed by atoms with van der Waals surface area (Å²) >= 11 is 0. The monoisotopic (exact) mass is 250 g/mol. The fourth-order valence-electron chi connectivity index (χ4n) is 1.59. The lowest BCUT2D eigenvalue weighted by atomic mass is 10.2. The molecule has 0 bridgehead atoms. The molecule has 0 saturated carbocycles. The Morgan fingerprint density at radius 3 is 2.61 bits per heavy atom. The first-order valence-corrected chi connectivity index (χ1v) is 5.44. The van der Waals surface area contributed by atoms with Crippen LogP contribution >= 0.6 is 0 Å². The van der Waals surface area contributed by atoms with Gasteiger partial charge in [-0.15, -0.1) is 0 Å². The van der Waals surface area contributed by atoms with Gasteiger partial charge < -0.3 is 9.84 Å². The Balaban J connectivity index is 2.42. The maximum Gasteiger partial charge on any atom is 0.168 e. The van der Waals surface area contributed by atoms with Crippen LogP contribution in [-0.4, -0.2) is 5.11 Å². The molecule has 1 N–H and O–H groups in total. The normalized spacial score (nSPS) is 10.4. The number of para-hydroxylation sites is 1. The van der Waals surface area contributed by atoms with Crippen LogP contribution in [-0.2, 0) is 6.61 Å². The first-order chi connectivity index (χ1) is 8.61. The average molecular weight is 250 g/mol. The van der Waals surface area contributed by atoms with Crippen molar-refractivity contribution in [2.75, 3.05) is 0 Å². The van der Waals surface area contributed by atoms with E-state index in [4.69, 9.17) is 9.84 Å². The Bertz CT molecular complexity index is 568. The molecule has 0 atom stereocenters. The quantitative estimate of drug-likeness (QED) is 0.902. The van der Waals surface area contributed by atoms with Gasteiger partial charge in [-0.1, -0.05) is 18.2 Å². The van der Waals surface area contributed by atoms with E-state index in [0.29, 0.717) is 0 Å². The van der Waals surface area contributed by atoms with Crippen LogP contribution in [0, 0.1) is 18.6 Å². The smallest absolute Gasteiger partial charge is 0.168 e. The molecule has 4 heteroatoms. The van der Waals surface area contributed by atoms with Gasteiger partial charge in [0.25, 0.3) is 0 Å². The van der Waals surface area contributed by atoms with E-state index in [1.54, 1.807) is 13.0 Å². The van der Waals surface area contributed by atoms with Crippen molar-refractivity contribution in [2.45, 2.75) is 13.5 Å². The number of halogens is 2. The lowest BCUT2D eigenvalue weighted by Gasteiger charge is -2.11. The van der Waals surface area contributed by atoms with Crippen molar-refractivity contribution in [3.63, 3.8) is 0 Å². The van der Waals surface area contributed by atoms with Crippen LogP contribution in [0.1, 0.15) is 11.1 Å². The van der Waals surface area contributed by atoms with Gasteiger partial charge in [0.1, 0.15) is 0 Å². The zero-order valence-corrected chi connectivity index (χ0v) is 9.78. The Morgan fingerprint density at radius 1 is 1.11 bits per heavy atom. The van der Waals surface area contributed by atoms with Gasteiger partial charge in [0, 0.05) is 5.56 Å². The van der Waals surface area contributed by atoms with E-state index >= 15 is 0 Å². The second kappa shape index (κ2) is 5.14. The van der Waals surface area contributed by atoms with Crippen LogP contribution in [0.25, 0.3) is 0 Å². The van der Waals surface area contributed by atoms with Crippen molar-refractivity contribution in [3.8, 4) is 11.5 Å². The van der Waals surface area contributed by atoms with Gasteiger partial charge in [-0.25, -0.2) is 8.78 Å². The zero-order chi connectivity index (χ0) is 13.1. The predicted molar refractivity (Wildman–Crippen MR) is 63.5 cm³/mol. The van der Waals surface area contributed by atoms with Crippen molar-refractivity contribution >= 4 is 0 Å². The highest BCUT2D eigenvalue weighted by atomic mass is 19.1. The Hall–Kier alpha value is -1.94. The molecule has 2 aromatic rings. The molecule has 0 aliphatic rings. The van der Waals surface area contributed by atoms with Crippen LogP contribution in [0.4, 0.5) is 8.78 Å². The zero-order valence-electron chi connectivity index (χ0n) is 9.78. The molecule has 2 nitrogen and oxygen atoms in total. The molecule has 0 fully saturated rings. The second-order valence-corrected chi connectivity index (χ2v) is 3.92. The average Bonchev–Trinajstić information content (AvgIpc) is 2.36. The number of benzene rings is 2. The van der Waals surface area contributed by atoms with Gasteiger partial charge in [0.15, 0.2) is 23.1 Å². The fraction of sp³-hybridized carbons (Fsp3) is 0.143. The summed E-state index contributed by atoms with van der Waals surface area (Å²) in [6.07, 6.45) is 0. The molecule has 0 saturated heterocycles. The molecule has 94 valence electrons. The third kappa shape index (κ3) is 2.49. The number of rotatable bonds is 3. The Morgan fingerprint density at radius 2 is 1.89 bits per heavy atom. The highest BCUT2D eigenvalue weighted by Crippen LogP contribution is 2.30. The van der Waals surface area contributed by atoms with E-state index < -0.39 is 11.6 Å². The second-order valence-electron chi connectivity index (χ2n) is 3.92. The molecule has 0 heterocycles. The van der Waals surface area contributed by atoms with E-state index in [0.717, 1.165) is 5.56 Å². The molecule has 2 aromatic carbocycles. The molecule has 2 rings (SSSR count). The van der Waals surface area contributed by atoms with Crippen molar-refractivity contribution in [2.24, 2.45) is 0 Å². The van der Waals surface area contributed by atoms with Gasteiger partial charge in [0.05, 0.1) is 6.61 Å². The molecule has 18 heavy (non-hydrogen) atoms. The van der Waals surface area contributed by atoms with Crippen LogP contribution in [0.15, 0.2) is 36.4 Å². The van der Waals surface area contributed by atoms with Gasteiger partial charge >= 0.3 is 0 Å². The van der Waals surface area contributed by atoms with Gasteiger partial charge in [0.2, 0.25) is 0 Å². The van der Waals surface area contributed by atoms with Crippen LogP contribution in [0.2, 0.25) is 0 Å². The largest absolute Gasteiger partial charge is 0.451 e. The fourth-order valence-corrected chi connectivity index (χ4v) is 1.59. The highest BCUT2D eigenvalue weighted by molar-refractivity contribution is 5.40. The van der Waals surface area contributed by atoms with Gasteiger partial charge in [-0.2, -0.15) is 0 Å². The topological polar surface area (TPSA) is 29.5 Å². The SMILES string of the molecule is Cc1ccc(F)c(Oc2c(F)cccc2CO)c1. The van der Waals surface area contributed by atoms with Crippen LogP contribution < -0.4 is 4.74 Å². The lowest BCUT2D eigenvalue weighted by Crippen LogP contribution is -1.97. The highest BCUT2D eigenvalue weighted by Gasteiger charge is 2.12. The predicted octanol–water partition coefficient (Wildman–Crippen LogP) is 3.56. The number of ether oxygens (including phenoxy) is 1. The number of aryl methyl sites for hydroxylation is 1. The lowest BCUT2D eigenvalue weighted by molar-refractivity contribution is 0.273. The first kappa shape index (κ1) is 12.5. The van der Waals surface area contributed by atoms with Crippen molar-refractivity contribution in [3.05, 3.63) is 59.2 Å². The van der Waals surface area contributed by atoms with Gasteiger partial charge in [-0.3, -0.25) is 0 Å². The number of aliphatic hydroxyl groups is 1. The van der Waals surface area contributed by atoms with Crippen LogP contribution in [0.3, 0.4) is 0 Å². The number of hydrogen-bond acceptors (Lipinski definition) is 2. The van der Waals surface area contributed by atoms with E-state index in [2.05, 4.69) is 0 Å². The summed E-state index contributed by atoms with van der Waals surface area (Å²) in [7, 11) is 0. The molecule has 0 unspecified atom stereocenters. The third-order valence-corrected chi connectivity index (χ3v) is 2.52. The minimum absolute atomic E-state index is 0.0604. The standard InChI is InChI=1S/C14H12F2O2/c1-9-5-6-11(15)13(7-9)18-14-10(8-17)3-2-4-12(14)16/h2-7,17H,8H2,1H3. The molecular formula is C14H12F2O2. The molecule has 0 spiro atoms. The summed E-state index contributed by atoms with van der Waals surface area (Å²) in [6.45, 7) is 1.40. The van der Waals surface area contributed by atoms with E-state index in [9.17, 15) is 8.78 Å². The van der Waals surface area contributed by atoms with E-state index in [1.807, 2.05) is 0 Å².